The molecule has 2 unspecified atom stereocenters. The van der Waals surface area contributed by atoms with E-state index in [-0.39, 0.29) is 18.0 Å². The van der Waals surface area contributed by atoms with Crippen LogP contribution in [0.25, 0.3) is 0 Å². The molecule has 2 aromatic carbocycles. The molecule has 0 radical (unpaired) electrons. The molecule has 4 rings (SSSR count). The minimum atomic E-state index is 0.113. The number of benzene rings is 2. The van der Waals surface area contributed by atoms with Gasteiger partial charge in [-0.25, -0.2) is 0 Å². The van der Waals surface area contributed by atoms with Crippen LogP contribution in [0.5, 0.6) is 0 Å². The summed E-state index contributed by atoms with van der Waals surface area (Å²) in [5, 5.41) is 0. The third-order valence-electron chi connectivity index (χ3n) is 7.37. The molecule has 36 heavy (non-hydrogen) atoms. The zero-order valence-corrected chi connectivity index (χ0v) is 22.2. The Labute approximate surface area is 216 Å². The number of aryl methyl sites for hydroxylation is 2. The molecule has 0 saturated carbocycles. The Hall–Kier alpha value is -2.70. The summed E-state index contributed by atoms with van der Waals surface area (Å²) in [7, 11) is 0. The van der Waals surface area contributed by atoms with Gasteiger partial charge in [0.1, 0.15) is 0 Å². The maximum absolute atomic E-state index is 13.3. The van der Waals surface area contributed by atoms with Crippen LogP contribution in [0.1, 0.15) is 72.1 Å². The number of nitrogens with zero attached hydrogens (tertiary/aromatic N) is 2. The van der Waals surface area contributed by atoms with Crippen molar-refractivity contribution in [1.29, 1.82) is 0 Å². The SMILES string of the molecule is CC.Cc1ccc(C(=O)N2C3CCC2COC3)cc1CCN(C=O)CCCCc1ccccc1CN. The first-order valence-electron chi connectivity index (χ1n) is 13.6. The lowest BCUT2D eigenvalue weighted by Gasteiger charge is -2.34. The largest absolute Gasteiger partial charge is 0.377 e. The Bertz CT molecular complexity index is 977. The summed E-state index contributed by atoms with van der Waals surface area (Å²) < 4.78 is 5.63. The summed E-state index contributed by atoms with van der Waals surface area (Å²) in [6.45, 7) is 9.32. The van der Waals surface area contributed by atoms with Crippen LogP contribution in [0.4, 0.5) is 0 Å². The van der Waals surface area contributed by atoms with Gasteiger partial charge in [-0.15, -0.1) is 0 Å². The molecule has 2 aliphatic rings. The molecule has 0 aromatic heterocycles. The molecule has 2 bridgehead atoms. The lowest BCUT2D eigenvalue weighted by Crippen LogP contribution is -2.49. The van der Waals surface area contributed by atoms with Crippen LogP contribution in [0.15, 0.2) is 42.5 Å². The number of hydrogen-bond acceptors (Lipinski definition) is 4. The summed E-state index contributed by atoms with van der Waals surface area (Å²) in [4.78, 5) is 28.8. The number of fused-ring (bicyclic) bond motifs is 2. The molecule has 2 amide bonds. The van der Waals surface area contributed by atoms with E-state index in [4.69, 9.17) is 10.5 Å². The first-order valence-corrected chi connectivity index (χ1v) is 13.6. The fraction of sp³-hybridized carbons (Fsp3) is 0.533. The van der Waals surface area contributed by atoms with Crippen molar-refractivity contribution in [2.45, 2.75) is 77.9 Å². The molecule has 196 valence electrons. The summed E-state index contributed by atoms with van der Waals surface area (Å²) in [6.07, 6.45) is 6.71. The molecule has 2 fully saturated rings. The first-order chi connectivity index (χ1) is 17.6. The van der Waals surface area contributed by atoms with Crippen LogP contribution in [0.3, 0.4) is 0 Å². The lowest BCUT2D eigenvalue weighted by atomic mass is 10.0. The van der Waals surface area contributed by atoms with Gasteiger partial charge < -0.3 is 20.3 Å². The molecular formula is C30H43N3O3. The molecule has 2 aromatic rings. The standard InChI is InChI=1S/C28H37N3O3.C2H6/c1-21-9-10-24(28(33)31-26-11-12-27(31)19-34-18-26)16-23(21)13-15-30(20-32)14-5-4-7-22-6-2-3-8-25(22)17-29;1-2/h2-3,6,8-10,16,20,26-27H,4-5,7,11-15,17-19,29H2,1H3;1-2H3. The third-order valence-corrected chi connectivity index (χ3v) is 7.37. The average molecular weight is 494 g/mol. The smallest absolute Gasteiger partial charge is 0.254 e. The Morgan fingerprint density at radius 1 is 1.00 bits per heavy atom. The molecule has 6 nitrogen and oxygen atoms in total. The van der Waals surface area contributed by atoms with E-state index in [0.29, 0.717) is 26.3 Å². The van der Waals surface area contributed by atoms with Crippen LogP contribution in [-0.4, -0.2) is 60.5 Å². The van der Waals surface area contributed by atoms with E-state index < -0.39 is 0 Å². The zero-order valence-electron chi connectivity index (χ0n) is 22.2. The topological polar surface area (TPSA) is 75.9 Å². The average Bonchev–Trinajstić information content (AvgIpc) is 3.17. The predicted molar refractivity (Wildman–Crippen MR) is 145 cm³/mol. The zero-order chi connectivity index (χ0) is 25.9. The highest BCUT2D eigenvalue weighted by Crippen LogP contribution is 2.30. The minimum absolute atomic E-state index is 0.113. The normalized spacial score (nSPS) is 18.4. The highest BCUT2D eigenvalue weighted by molar-refractivity contribution is 5.95. The number of unbranched alkanes of at least 4 members (excludes halogenated alkanes) is 1. The fourth-order valence-corrected chi connectivity index (χ4v) is 5.30. The van der Waals surface area contributed by atoms with Gasteiger partial charge in [0.15, 0.2) is 0 Å². The van der Waals surface area contributed by atoms with Gasteiger partial charge in [0.25, 0.3) is 5.91 Å². The Morgan fingerprint density at radius 2 is 1.69 bits per heavy atom. The van der Waals surface area contributed by atoms with Gasteiger partial charge in [0.2, 0.25) is 6.41 Å². The second kappa shape index (κ2) is 14.1. The van der Waals surface area contributed by atoms with Crippen molar-refractivity contribution >= 4 is 12.3 Å². The maximum atomic E-state index is 13.3. The van der Waals surface area contributed by atoms with Crippen molar-refractivity contribution in [3.8, 4) is 0 Å². The van der Waals surface area contributed by atoms with E-state index in [1.807, 2.05) is 47.9 Å². The number of ether oxygens (including phenoxy) is 1. The van der Waals surface area contributed by atoms with E-state index in [2.05, 4.69) is 25.1 Å². The van der Waals surface area contributed by atoms with Crippen LogP contribution in [0.2, 0.25) is 0 Å². The lowest BCUT2D eigenvalue weighted by molar-refractivity contribution is -0.118. The van der Waals surface area contributed by atoms with Gasteiger partial charge in [-0.3, -0.25) is 9.59 Å². The predicted octanol–water partition coefficient (Wildman–Crippen LogP) is 4.51. The summed E-state index contributed by atoms with van der Waals surface area (Å²) >= 11 is 0. The number of nitrogens with two attached hydrogens (primary N) is 1. The molecule has 2 atom stereocenters. The fourth-order valence-electron chi connectivity index (χ4n) is 5.30. The van der Waals surface area contributed by atoms with Crippen LogP contribution in [0, 0.1) is 6.92 Å². The molecule has 2 aliphatic heterocycles. The van der Waals surface area contributed by atoms with Crippen molar-refractivity contribution in [1.82, 2.24) is 9.80 Å². The van der Waals surface area contributed by atoms with E-state index in [1.54, 1.807) is 0 Å². The minimum Gasteiger partial charge on any atom is -0.377 e. The number of carbonyl (C=O) groups excluding carboxylic acids is 2. The number of hydrogen-bond donors (Lipinski definition) is 1. The van der Waals surface area contributed by atoms with Crippen molar-refractivity contribution in [2.24, 2.45) is 5.73 Å². The quantitative estimate of drug-likeness (QED) is 0.369. The Morgan fingerprint density at radius 3 is 2.36 bits per heavy atom. The molecule has 2 heterocycles. The molecule has 2 N–H and O–H groups in total. The van der Waals surface area contributed by atoms with Crippen LogP contribution >= 0.6 is 0 Å². The summed E-state index contributed by atoms with van der Waals surface area (Å²) in [5.41, 5.74) is 11.4. The second-order valence-electron chi connectivity index (χ2n) is 9.60. The van der Waals surface area contributed by atoms with E-state index >= 15 is 0 Å². The van der Waals surface area contributed by atoms with Crippen molar-refractivity contribution in [3.63, 3.8) is 0 Å². The number of rotatable bonds is 11. The number of amides is 2. The monoisotopic (exact) mass is 493 g/mol. The molecule has 6 heteroatoms. The van der Waals surface area contributed by atoms with E-state index in [0.717, 1.165) is 68.2 Å². The molecule has 2 saturated heterocycles. The van der Waals surface area contributed by atoms with Crippen LogP contribution < -0.4 is 5.73 Å². The maximum Gasteiger partial charge on any atom is 0.254 e. The van der Waals surface area contributed by atoms with Crippen molar-refractivity contribution in [2.75, 3.05) is 26.3 Å². The van der Waals surface area contributed by atoms with E-state index in [1.165, 1.54) is 11.1 Å². The Balaban J connectivity index is 0.00000176. The van der Waals surface area contributed by atoms with Gasteiger partial charge in [-0.1, -0.05) is 44.2 Å². The van der Waals surface area contributed by atoms with Gasteiger partial charge in [0.05, 0.1) is 25.3 Å². The number of morpholine rings is 1. The van der Waals surface area contributed by atoms with Gasteiger partial charge in [-0.2, -0.15) is 0 Å². The second-order valence-corrected chi connectivity index (χ2v) is 9.60. The first kappa shape index (κ1) is 27.9. The van der Waals surface area contributed by atoms with Gasteiger partial charge >= 0.3 is 0 Å². The summed E-state index contributed by atoms with van der Waals surface area (Å²) in [6, 6.07) is 14.7. The Kier molecular flexibility index (Phi) is 11.0. The molecular weight excluding hydrogens is 450 g/mol. The van der Waals surface area contributed by atoms with Crippen molar-refractivity contribution in [3.05, 3.63) is 70.3 Å². The molecule has 0 aliphatic carbocycles. The summed E-state index contributed by atoms with van der Waals surface area (Å²) in [5.74, 6) is 0.113. The highest BCUT2D eigenvalue weighted by Gasteiger charge is 2.40. The molecule has 0 spiro atoms. The van der Waals surface area contributed by atoms with Gasteiger partial charge in [0, 0.05) is 25.2 Å². The van der Waals surface area contributed by atoms with E-state index in [9.17, 15) is 9.59 Å². The van der Waals surface area contributed by atoms with Gasteiger partial charge in [-0.05, 0) is 79.8 Å². The third kappa shape index (κ3) is 6.95. The number of carbonyl (C=O) groups is 2. The van der Waals surface area contributed by atoms with Crippen molar-refractivity contribution < 1.29 is 14.3 Å². The van der Waals surface area contributed by atoms with Crippen LogP contribution in [-0.2, 0) is 28.9 Å². The highest BCUT2D eigenvalue weighted by atomic mass is 16.5.